The van der Waals surface area contributed by atoms with Crippen LogP contribution in [0.5, 0.6) is 0 Å². The summed E-state index contributed by atoms with van der Waals surface area (Å²) in [5.74, 6) is 0.720. The van der Waals surface area contributed by atoms with Gasteiger partial charge in [0, 0.05) is 16.7 Å². The van der Waals surface area contributed by atoms with Crippen LogP contribution in [0.25, 0.3) is 0 Å². The van der Waals surface area contributed by atoms with Crippen molar-refractivity contribution in [1.29, 1.82) is 0 Å². The first-order valence-electron chi connectivity index (χ1n) is 5.43. The highest BCUT2D eigenvalue weighted by molar-refractivity contribution is 7.85. The maximum atomic E-state index is 11.8. The van der Waals surface area contributed by atoms with Crippen LogP contribution in [-0.4, -0.2) is 16.0 Å². The lowest BCUT2D eigenvalue weighted by Crippen LogP contribution is -2.19. The summed E-state index contributed by atoms with van der Waals surface area (Å²) in [5, 5.41) is 0. The van der Waals surface area contributed by atoms with E-state index >= 15 is 0 Å². The second-order valence-electron chi connectivity index (χ2n) is 3.67. The summed E-state index contributed by atoms with van der Waals surface area (Å²) in [5.41, 5.74) is 5.80. The van der Waals surface area contributed by atoms with Gasteiger partial charge in [0.25, 0.3) is 0 Å². The van der Waals surface area contributed by atoms with Gasteiger partial charge in [-0.1, -0.05) is 25.1 Å². The van der Waals surface area contributed by atoms with Crippen LogP contribution < -0.4 is 5.73 Å². The summed E-state index contributed by atoms with van der Waals surface area (Å²) in [6.45, 7) is 2.08. The highest BCUT2D eigenvalue weighted by atomic mass is 32.2. The smallest absolute Gasteiger partial charge is 0.0529 e. The van der Waals surface area contributed by atoms with E-state index in [1.54, 1.807) is 0 Å². The molecule has 0 aliphatic rings. The van der Waals surface area contributed by atoms with Crippen LogP contribution in [0.4, 0.5) is 0 Å². The summed E-state index contributed by atoms with van der Waals surface area (Å²) in [6.07, 6.45) is 2.91. The van der Waals surface area contributed by atoms with E-state index < -0.39 is 10.8 Å². The number of rotatable bonds is 6. The average molecular weight is 225 g/mol. The van der Waals surface area contributed by atoms with Gasteiger partial charge in [-0.25, -0.2) is 0 Å². The van der Waals surface area contributed by atoms with Crippen LogP contribution in [0.1, 0.15) is 26.2 Å². The van der Waals surface area contributed by atoms with E-state index in [9.17, 15) is 4.21 Å². The van der Waals surface area contributed by atoms with Crippen molar-refractivity contribution in [2.45, 2.75) is 37.1 Å². The molecule has 3 heteroatoms. The monoisotopic (exact) mass is 225 g/mol. The Morgan fingerprint density at radius 3 is 2.60 bits per heavy atom. The molecular weight excluding hydrogens is 206 g/mol. The predicted octanol–water partition coefficient (Wildman–Crippen LogP) is 2.31. The molecule has 0 aliphatic heterocycles. The van der Waals surface area contributed by atoms with Crippen molar-refractivity contribution in [2.75, 3.05) is 5.75 Å². The Morgan fingerprint density at radius 2 is 2.00 bits per heavy atom. The Hall–Kier alpha value is -0.670. The molecule has 0 saturated carbocycles. The van der Waals surface area contributed by atoms with Crippen molar-refractivity contribution in [1.82, 2.24) is 0 Å². The molecule has 15 heavy (non-hydrogen) atoms. The second-order valence-corrected chi connectivity index (χ2v) is 5.24. The Bertz CT molecular complexity index is 300. The van der Waals surface area contributed by atoms with E-state index in [2.05, 4.69) is 6.92 Å². The van der Waals surface area contributed by atoms with Crippen molar-refractivity contribution in [3.05, 3.63) is 30.3 Å². The number of benzene rings is 1. The fraction of sp³-hybridized carbons (Fsp3) is 0.500. The van der Waals surface area contributed by atoms with Crippen LogP contribution in [0.15, 0.2) is 35.2 Å². The summed E-state index contributed by atoms with van der Waals surface area (Å²) in [6, 6.07) is 9.87. The lowest BCUT2D eigenvalue weighted by Gasteiger charge is -2.07. The zero-order valence-corrected chi connectivity index (χ0v) is 10.0. The molecule has 0 fully saturated rings. The van der Waals surface area contributed by atoms with Gasteiger partial charge in [-0.15, -0.1) is 0 Å². The SMILES string of the molecule is CCC(N)CCCS(=O)c1ccccc1. The third-order valence-electron chi connectivity index (χ3n) is 2.44. The third-order valence-corrected chi connectivity index (χ3v) is 3.89. The quantitative estimate of drug-likeness (QED) is 0.807. The molecule has 1 rings (SSSR count). The molecule has 0 aliphatic carbocycles. The molecule has 0 amide bonds. The van der Waals surface area contributed by atoms with Gasteiger partial charge in [-0.05, 0) is 31.4 Å². The zero-order valence-electron chi connectivity index (χ0n) is 9.19. The van der Waals surface area contributed by atoms with E-state index in [0.29, 0.717) is 0 Å². The van der Waals surface area contributed by atoms with Crippen molar-refractivity contribution in [2.24, 2.45) is 5.73 Å². The fourth-order valence-corrected chi connectivity index (χ4v) is 2.50. The van der Waals surface area contributed by atoms with Crippen LogP contribution in [0.3, 0.4) is 0 Å². The van der Waals surface area contributed by atoms with Gasteiger partial charge >= 0.3 is 0 Å². The van der Waals surface area contributed by atoms with Gasteiger partial charge in [0.1, 0.15) is 0 Å². The number of hydrogen-bond acceptors (Lipinski definition) is 2. The van der Waals surface area contributed by atoms with Crippen molar-refractivity contribution in [3.63, 3.8) is 0 Å². The van der Waals surface area contributed by atoms with Gasteiger partial charge in [0.15, 0.2) is 0 Å². The van der Waals surface area contributed by atoms with Crippen molar-refractivity contribution in [3.8, 4) is 0 Å². The van der Waals surface area contributed by atoms with Gasteiger partial charge in [0.05, 0.1) is 10.8 Å². The highest BCUT2D eigenvalue weighted by Crippen LogP contribution is 2.08. The first kappa shape index (κ1) is 12.4. The summed E-state index contributed by atoms with van der Waals surface area (Å²) in [7, 11) is -0.857. The summed E-state index contributed by atoms with van der Waals surface area (Å²) >= 11 is 0. The molecule has 84 valence electrons. The van der Waals surface area contributed by atoms with Crippen LogP contribution in [0.2, 0.25) is 0 Å². The molecule has 0 spiro atoms. The topological polar surface area (TPSA) is 43.1 Å². The molecule has 0 heterocycles. The van der Waals surface area contributed by atoms with E-state index in [-0.39, 0.29) is 6.04 Å². The minimum atomic E-state index is -0.857. The predicted molar refractivity (Wildman–Crippen MR) is 65.2 cm³/mol. The Morgan fingerprint density at radius 1 is 1.33 bits per heavy atom. The van der Waals surface area contributed by atoms with E-state index in [1.165, 1.54) is 0 Å². The molecular formula is C12H19NOS. The molecule has 1 aromatic carbocycles. The van der Waals surface area contributed by atoms with Crippen LogP contribution in [0, 0.1) is 0 Å². The van der Waals surface area contributed by atoms with Gasteiger partial charge < -0.3 is 5.73 Å². The molecule has 2 atom stereocenters. The Kier molecular flexibility index (Phi) is 5.58. The van der Waals surface area contributed by atoms with Crippen LogP contribution in [-0.2, 0) is 10.8 Å². The highest BCUT2D eigenvalue weighted by Gasteiger charge is 2.04. The second kappa shape index (κ2) is 6.75. The van der Waals surface area contributed by atoms with Gasteiger partial charge in [-0.3, -0.25) is 4.21 Å². The van der Waals surface area contributed by atoms with Gasteiger partial charge in [-0.2, -0.15) is 0 Å². The molecule has 2 N–H and O–H groups in total. The molecule has 1 aromatic rings. The maximum absolute atomic E-state index is 11.8. The summed E-state index contributed by atoms with van der Waals surface area (Å²) < 4.78 is 11.8. The fourth-order valence-electron chi connectivity index (χ4n) is 1.37. The third kappa shape index (κ3) is 4.58. The van der Waals surface area contributed by atoms with Gasteiger partial charge in [0.2, 0.25) is 0 Å². The molecule has 0 saturated heterocycles. The van der Waals surface area contributed by atoms with Crippen molar-refractivity contribution >= 4 is 10.8 Å². The lowest BCUT2D eigenvalue weighted by molar-refractivity contribution is 0.586. The van der Waals surface area contributed by atoms with E-state index in [1.807, 2.05) is 30.3 Å². The molecule has 2 unspecified atom stereocenters. The first-order chi connectivity index (χ1) is 7.24. The lowest BCUT2D eigenvalue weighted by atomic mass is 10.1. The minimum absolute atomic E-state index is 0.262. The molecule has 0 aromatic heterocycles. The Labute approximate surface area is 94.3 Å². The maximum Gasteiger partial charge on any atom is 0.0529 e. The standard InChI is InChI=1S/C12H19NOS/c1-2-11(13)7-6-10-15(14)12-8-4-3-5-9-12/h3-5,8-9,11H,2,6-7,10,13H2,1H3. The number of hydrogen-bond donors (Lipinski definition) is 1. The minimum Gasteiger partial charge on any atom is -0.328 e. The zero-order chi connectivity index (χ0) is 11.1. The Balaban J connectivity index is 2.31. The normalized spacial score (nSPS) is 14.8. The molecule has 0 radical (unpaired) electrons. The molecule has 0 bridgehead atoms. The number of nitrogens with two attached hydrogens (primary N) is 1. The van der Waals surface area contributed by atoms with E-state index in [4.69, 9.17) is 5.73 Å². The average Bonchev–Trinajstić information content (AvgIpc) is 2.29. The first-order valence-corrected chi connectivity index (χ1v) is 6.75. The summed E-state index contributed by atoms with van der Waals surface area (Å²) in [4.78, 5) is 0.919. The molecule has 2 nitrogen and oxygen atoms in total. The largest absolute Gasteiger partial charge is 0.328 e. The van der Waals surface area contributed by atoms with Crippen LogP contribution >= 0.6 is 0 Å². The van der Waals surface area contributed by atoms with Crippen molar-refractivity contribution < 1.29 is 4.21 Å². The van der Waals surface area contributed by atoms with E-state index in [0.717, 1.165) is 29.9 Å².